The van der Waals surface area contributed by atoms with Gasteiger partial charge in [-0.3, -0.25) is 4.57 Å². The first-order valence-corrected chi connectivity index (χ1v) is 16.3. The number of nitrogens with zero attached hydrogens (tertiary/aromatic N) is 2. The number of benzene rings is 8. The van der Waals surface area contributed by atoms with Gasteiger partial charge < -0.3 is 4.74 Å². The summed E-state index contributed by atoms with van der Waals surface area (Å²) in [6, 6.07) is 60.3. The standard InChI is InChI=1S/C45H28N2O/c1-3-13-29(14-4-1)31-17-11-18-32(27-31)42-34-19-7-9-21-36(34)43(37-22-10-8-20-35(37)42)33-25-26-39-41(28-33)48-40-24-12-23-38-44(40)47(39)45(46-38)30-15-5-2-6-16-30/h1-28H. The Morgan fingerprint density at radius 1 is 0.396 bits per heavy atom. The predicted molar refractivity (Wildman–Crippen MR) is 198 cm³/mol. The van der Waals surface area contributed by atoms with E-state index in [0.717, 1.165) is 45.2 Å². The second kappa shape index (κ2) is 10.5. The zero-order valence-corrected chi connectivity index (χ0v) is 26.0. The van der Waals surface area contributed by atoms with E-state index in [0.29, 0.717) is 0 Å². The number of para-hydroxylation sites is 1. The maximum absolute atomic E-state index is 6.67. The lowest BCUT2D eigenvalue weighted by atomic mass is 9.85. The van der Waals surface area contributed by atoms with Gasteiger partial charge in [0, 0.05) is 5.56 Å². The molecule has 0 spiro atoms. The van der Waals surface area contributed by atoms with Crippen molar-refractivity contribution in [2.75, 3.05) is 0 Å². The summed E-state index contributed by atoms with van der Waals surface area (Å²) in [4.78, 5) is 5.06. The first-order chi connectivity index (χ1) is 23.8. The Labute approximate surface area is 278 Å². The molecule has 8 aromatic carbocycles. The average Bonchev–Trinajstić information content (AvgIpc) is 3.55. The summed E-state index contributed by atoms with van der Waals surface area (Å²) in [7, 11) is 0. The van der Waals surface area contributed by atoms with Crippen molar-refractivity contribution in [1.29, 1.82) is 0 Å². The van der Waals surface area contributed by atoms with Crippen LogP contribution in [0.4, 0.5) is 0 Å². The molecular weight excluding hydrogens is 585 g/mol. The first kappa shape index (κ1) is 26.7. The molecule has 3 nitrogen and oxygen atoms in total. The van der Waals surface area contributed by atoms with Crippen LogP contribution in [0, 0.1) is 0 Å². The fraction of sp³-hybridized carbons (Fsp3) is 0. The lowest BCUT2D eigenvalue weighted by molar-refractivity contribution is 0.476. The molecule has 0 saturated carbocycles. The van der Waals surface area contributed by atoms with E-state index in [1.54, 1.807) is 0 Å². The summed E-state index contributed by atoms with van der Waals surface area (Å²) in [6.45, 7) is 0. The Bertz CT molecular complexity index is 2630. The molecule has 0 amide bonds. The van der Waals surface area contributed by atoms with Gasteiger partial charge in [-0.2, -0.15) is 0 Å². The third kappa shape index (κ3) is 4.04. The van der Waals surface area contributed by atoms with E-state index in [9.17, 15) is 0 Å². The highest BCUT2D eigenvalue weighted by Crippen LogP contribution is 2.48. The van der Waals surface area contributed by atoms with Crippen LogP contribution in [0.5, 0.6) is 11.5 Å². The van der Waals surface area contributed by atoms with Crippen LogP contribution >= 0.6 is 0 Å². The largest absolute Gasteiger partial charge is 0.453 e. The van der Waals surface area contributed by atoms with Crippen molar-refractivity contribution in [1.82, 2.24) is 9.55 Å². The number of imidazole rings is 1. The smallest absolute Gasteiger partial charge is 0.153 e. The molecule has 0 unspecified atom stereocenters. The monoisotopic (exact) mass is 612 g/mol. The van der Waals surface area contributed by atoms with Crippen molar-refractivity contribution in [2.45, 2.75) is 0 Å². The second-order valence-electron chi connectivity index (χ2n) is 12.3. The Hall–Kier alpha value is -6.45. The third-order valence-electron chi connectivity index (χ3n) is 9.57. The molecule has 48 heavy (non-hydrogen) atoms. The van der Waals surface area contributed by atoms with Gasteiger partial charge in [0.05, 0.1) is 11.2 Å². The topological polar surface area (TPSA) is 27.1 Å². The van der Waals surface area contributed by atoms with Crippen molar-refractivity contribution < 1.29 is 4.74 Å². The van der Waals surface area contributed by atoms with Gasteiger partial charge in [-0.15, -0.1) is 0 Å². The summed E-state index contributed by atoms with van der Waals surface area (Å²) in [5.41, 5.74) is 11.2. The summed E-state index contributed by atoms with van der Waals surface area (Å²) in [5, 5.41) is 4.87. The fourth-order valence-corrected chi connectivity index (χ4v) is 7.48. The van der Waals surface area contributed by atoms with Crippen LogP contribution in [0.15, 0.2) is 170 Å². The molecule has 2 heterocycles. The molecule has 0 saturated heterocycles. The van der Waals surface area contributed by atoms with Gasteiger partial charge in [0.25, 0.3) is 0 Å². The number of rotatable bonds is 4. The van der Waals surface area contributed by atoms with E-state index in [-0.39, 0.29) is 0 Å². The van der Waals surface area contributed by atoms with E-state index in [1.807, 2.05) is 18.2 Å². The predicted octanol–water partition coefficient (Wildman–Crippen LogP) is 12.1. The zero-order chi connectivity index (χ0) is 31.6. The van der Waals surface area contributed by atoms with Gasteiger partial charge in [0.2, 0.25) is 0 Å². The minimum absolute atomic E-state index is 0.815. The Balaban J connectivity index is 1.20. The molecule has 0 atom stereocenters. The third-order valence-corrected chi connectivity index (χ3v) is 9.57. The molecule has 0 N–H and O–H groups in total. The minimum Gasteiger partial charge on any atom is -0.453 e. The lowest BCUT2D eigenvalue weighted by Gasteiger charge is -2.23. The van der Waals surface area contributed by atoms with Crippen LogP contribution in [0.25, 0.3) is 83.0 Å². The van der Waals surface area contributed by atoms with E-state index in [1.165, 1.54) is 49.4 Å². The van der Waals surface area contributed by atoms with Crippen molar-refractivity contribution in [3.05, 3.63) is 170 Å². The number of ether oxygens (including phenoxy) is 1. The highest BCUT2D eigenvalue weighted by atomic mass is 16.5. The molecule has 0 radical (unpaired) electrons. The number of aromatic nitrogens is 2. The quantitative estimate of drug-likeness (QED) is 0.185. The minimum atomic E-state index is 0.815. The number of hydrogen-bond acceptors (Lipinski definition) is 2. The van der Waals surface area contributed by atoms with Gasteiger partial charge >= 0.3 is 0 Å². The first-order valence-electron chi connectivity index (χ1n) is 16.3. The molecule has 9 aromatic rings. The van der Waals surface area contributed by atoms with Crippen LogP contribution in [-0.2, 0) is 0 Å². The zero-order valence-electron chi connectivity index (χ0n) is 26.0. The van der Waals surface area contributed by atoms with Crippen molar-refractivity contribution in [3.8, 4) is 62.0 Å². The molecule has 1 aromatic heterocycles. The summed E-state index contributed by atoms with van der Waals surface area (Å²) >= 11 is 0. The van der Waals surface area contributed by atoms with Crippen molar-refractivity contribution >= 4 is 32.6 Å². The molecule has 3 heteroatoms. The molecule has 224 valence electrons. The van der Waals surface area contributed by atoms with Crippen LogP contribution in [0.1, 0.15) is 0 Å². The van der Waals surface area contributed by atoms with Gasteiger partial charge in [-0.1, -0.05) is 140 Å². The van der Waals surface area contributed by atoms with Gasteiger partial charge in [0.1, 0.15) is 11.3 Å². The molecule has 0 fully saturated rings. The van der Waals surface area contributed by atoms with Gasteiger partial charge in [-0.25, -0.2) is 4.98 Å². The molecule has 1 aliphatic rings. The molecular formula is C45H28N2O. The summed E-state index contributed by atoms with van der Waals surface area (Å²) in [5.74, 6) is 2.54. The molecule has 10 rings (SSSR count). The number of fused-ring (bicyclic) bond motifs is 4. The molecule has 1 aliphatic heterocycles. The SMILES string of the molecule is c1ccc(-c2cccc(-c3c4ccccc4c(-c4ccc5c(c4)Oc4cccc6nc(-c7ccccc7)n-5c46)c4ccccc34)c2)cc1. The van der Waals surface area contributed by atoms with Crippen molar-refractivity contribution in [2.24, 2.45) is 0 Å². The fourth-order valence-electron chi connectivity index (χ4n) is 7.48. The van der Waals surface area contributed by atoms with Crippen LogP contribution in [0.3, 0.4) is 0 Å². The van der Waals surface area contributed by atoms with Crippen LogP contribution in [0.2, 0.25) is 0 Å². The Kier molecular flexibility index (Phi) is 5.87. The van der Waals surface area contributed by atoms with E-state index < -0.39 is 0 Å². The lowest BCUT2D eigenvalue weighted by Crippen LogP contribution is -2.06. The maximum atomic E-state index is 6.67. The van der Waals surface area contributed by atoms with Crippen LogP contribution in [-0.4, -0.2) is 9.55 Å². The normalized spacial score (nSPS) is 11.9. The highest BCUT2D eigenvalue weighted by molar-refractivity contribution is 6.21. The second-order valence-corrected chi connectivity index (χ2v) is 12.3. The Morgan fingerprint density at radius 3 is 1.60 bits per heavy atom. The van der Waals surface area contributed by atoms with Gasteiger partial charge in [-0.05, 0) is 85.3 Å². The summed E-state index contributed by atoms with van der Waals surface area (Å²) < 4.78 is 8.92. The average molecular weight is 613 g/mol. The van der Waals surface area contributed by atoms with Gasteiger partial charge in [0.15, 0.2) is 11.5 Å². The van der Waals surface area contributed by atoms with E-state index in [2.05, 4.69) is 156 Å². The molecule has 0 aliphatic carbocycles. The van der Waals surface area contributed by atoms with E-state index >= 15 is 0 Å². The highest BCUT2D eigenvalue weighted by Gasteiger charge is 2.26. The van der Waals surface area contributed by atoms with Crippen LogP contribution < -0.4 is 4.74 Å². The van der Waals surface area contributed by atoms with Crippen molar-refractivity contribution in [3.63, 3.8) is 0 Å². The maximum Gasteiger partial charge on any atom is 0.153 e. The molecule has 0 bridgehead atoms. The number of hydrogen-bond donors (Lipinski definition) is 0. The summed E-state index contributed by atoms with van der Waals surface area (Å²) in [6.07, 6.45) is 0. The van der Waals surface area contributed by atoms with E-state index in [4.69, 9.17) is 9.72 Å². The Morgan fingerprint density at radius 2 is 0.938 bits per heavy atom.